The van der Waals surface area contributed by atoms with Crippen LogP contribution in [0.1, 0.15) is 24.1 Å². The Labute approximate surface area is 148 Å². The minimum Gasteiger partial charge on any atom is -0.350 e. The van der Waals surface area contributed by atoms with E-state index in [1.165, 1.54) is 16.8 Å². The third-order valence-electron chi connectivity index (χ3n) is 4.47. The second-order valence-corrected chi connectivity index (χ2v) is 6.33. The van der Waals surface area contributed by atoms with Crippen molar-refractivity contribution < 1.29 is 13.2 Å². The van der Waals surface area contributed by atoms with Gasteiger partial charge in [0.25, 0.3) is 5.56 Å². The Hall–Kier alpha value is -2.42. The van der Waals surface area contributed by atoms with Crippen molar-refractivity contribution in [2.45, 2.75) is 31.6 Å². The molecule has 2 aromatic rings. The molecule has 0 amide bonds. The number of hydrogen-bond donors (Lipinski definition) is 1. The third kappa shape index (κ3) is 4.04. The van der Waals surface area contributed by atoms with E-state index in [2.05, 4.69) is 15.3 Å². The normalized spacial score (nSPS) is 18.2. The predicted molar refractivity (Wildman–Crippen MR) is 90.8 cm³/mol. The molecule has 1 atom stereocenters. The Balaban J connectivity index is 1.69. The fourth-order valence-electron chi connectivity index (χ4n) is 3.12. The van der Waals surface area contributed by atoms with E-state index in [4.69, 9.17) is 0 Å². The summed E-state index contributed by atoms with van der Waals surface area (Å²) >= 11 is 0. The molecule has 26 heavy (non-hydrogen) atoms. The average molecular weight is 367 g/mol. The lowest BCUT2D eigenvalue weighted by Crippen LogP contribution is -2.47. The highest BCUT2D eigenvalue weighted by atomic mass is 19.4. The number of nitrogens with one attached hydrogen (secondary N) is 1. The highest BCUT2D eigenvalue weighted by Gasteiger charge is 2.34. The molecule has 9 heteroatoms. The fourth-order valence-corrected chi connectivity index (χ4v) is 3.12. The minimum absolute atomic E-state index is 0.0222. The van der Waals surface area contributed by atoms with Gasteiger partial charge in [0.05, 0.1) is 11.3 Å². The van der Waals surface area contributed by atoms with E-state index in [-0.39, 0.29) is 23.8 Å². The predicted octanol–water partition coefficient (Wildman–Crippen LogP) is 1.95. The molecule has 1 aliphatic heterocycles. The third-order valence-corrected chi connectivity index (χ3v) is 4.47. The Morgan fingerprint density at radius 2 is 2.12 bits per heavy atom. The largest absolute Gasteiger partial charge is 0.418 e. The Bertz CT molecular complexity index is 821. The summed E-state index contributed by atoms with van der Waals surface area (Å²) in [7, 11) is 1.66. The van der Waals surface area contributed by atoms with Crippen LogP contribution in [0.4, 0.5) is 19.0 Å². The lowest BCUT2D eigenvalue weighted by Gasteiger charge is -2.33. The number of pyridine rings is 1. The first kappa shape index (κ1) is 18.4. The van der Waals surface area contributed by atoms with Crippen molar-refractivity contribution >= 4 is 5.82 Å². The molecule has 2 aromatic heterocycles. The van der Waals surface area contributed by atoms with E-state index >= 15 is 0 Å². The van der Waals surface area contributed by atoms with E-state index in [9.17, 15) is 18.0 Å². The maximum atomic E-state index is 13.1. The summed E-state index contributed by atoms with van der Waals surface area (Å²) in [5.41, 5.74) is -0.929. The number of alkyl halides is 3. The van der Waals surface area contributed by atoms with E-state index in [0.29, 0.717) is 18.9 Å². The van der Waals surface area contributed by atoms with Crippen molar-refractivity contribution in [3.8, 4) is 0 Å². The molecule has 6 nitrogen and oxygen atoms in total. The highest BCUT2D eigenvalue weighted by Crippen LogP contribution is 2.31. The van der Waals surface area contributed by atoms with Gasteiger partial charge < -0.3 is 14.8 Å². The molecule has 1 fully saturated rings. The lowest BCUT2D eigenvalue weighted by atomic mass is 10.1. The van der Waals surface area contributed by atoms with Crippen LogP contribution in [0.15, 0.2) is 35.5 Å². The van der Waals surface area contributed by atoms with Gasteiger partial charge in [-0.1, -0.05) is 0 Å². The quantitative estimate of drug-likeness (QED) is 0.895. The van der Waals surface area contributed by atoms with E-state index in [1.807, 2.05) is 4.90 Å². The van der Waals surface area contributed by atoms with Crippen molar-refractivity contribution in [2.24, 2.45) is 7.05 Å². The van der Waals surface area contributed by atoms with Crippen LogP contribution in [-0.4, -0.2) is 33.7 Å². The van der Waals surface area contributed by atoms with Gasteiger partial charge >= 0.3 is 6.18 Å². The van der Waals surface area contributed by atoms with Gasteiger partial charge in [0, 0.05) is 51.3 Å². The molecule has 0 spiro atoms. The molecule has 140 valence electrons. The molecular weight excluding hydrogens is 347 g/mol. The van der Waals surface area contributed by atoms with Gasteiger partial charge in [0.2, 0.25) is 0 Å². The summed E-state index contributed by atoms with van der Waals surface area (Å²) in [6.45, 7) is 1.23. The van der Waals surface area contributed by atoms with Gasteiger partial charge in [-0.15, -0.1) is 0 Å². The average Bonchev–Trinajstić information content (AvgIpc) is 2.62. The number of anilines is 1. The fraction of sp³-hybridized carbons (Fsp3) is 0.471. The van der Waals surface area contributed by atoms with Crippen LogP contribution in [0.2, 0.25) is 0 Å². The monoisotopic (exact) mass is 367 g/mol. The standard InChI is InChI=1S/C17H20F3N5O/c1-24-9-7-22-15(16(24)26)25-8-3-4-12(11-25)23-10-14-13(17(18,19)20)5-2-6-21-14/h2,5-7,9,12,23H,3-4,8,10-11H2,1H3/t12-/m0/s1. The lowest BCUT2D eigenvalue weighted by molar-refractivity contribution is -0.138. The SMILES string of the molecule is Cn1ccnc(N2CCC[C@H](NCc3ncccc3C(F)(F)F)C2)c1=O. The van der Waals surface area contributed by atoms with Crippen molar-refractivity contribution in [1.82, 2.24) is 19.9 Å². The van der Waals surface area contributed by atoms with Gasteiger partial charge in [-0.05, 0) is 25.0 Å². The van der Waals surface area contributed by atoms with Crippen molar-refractivity contribution in [3.05, 3.63) is 52.3 Å². The summed E-state index contributed by atoms with van der Waals surface area (Å²) < 4.78 is 40.6. The number of piperidine rings is 1. The van der Waals surface area contributed by atoms with E-state index in [0.717, 1.165) is 18.9 Å². The summed E-state index contributed by atoms with van der Waals surface area (Å²) in [5.74, 6) is 0.371. The van der Waals surface area contributed by atoms with Gasteiger partial charge in [-0.2, -0.15) is 13.2 Å². The van der Waals surface area contributed by atoms with Gasteiger partial charge in [0.15, 0.2) is 5.82 Å². The van der Waals surface area contributed by atoms with Gasteiger partial charge in [-0.3, -0.25) is 9.78 Å². The summed E-state index contributed by atoms with van der Waals surface area (Å²) in [6.07, 6.45) is 1.73. The first-order valence-corrected chi connectivity index (χ1v) is 8.37. The number of rotatable bonds is 4. The maximum Gasteiger partial charge on any atom is 0.418 e. The first-order chi connectivity index (χ1) is 12.4. The van der Waals surface area contributed by atoms with Crippen molar-refractivity contribution in [2.75, 3.05) is 18.0 Å². The molecule has 3 heterocycles. The molecule has 1 saturated heterocycles. The number of aryl methyl sites for hydroxylation is 1. The van der Waals surface area contributed by atoms with E-state index in [1.54, 1.807) is 19.4 Å². The van der Waals surface area contributed by atoms with E-state index < -0.39 is 11.7 Å². The molecule has 1 N–H and O–H groups in total. The van der Waals surface area contributed by atoms with Crippen LogP contribution < -0.4 is 15.8 Å². The summed E-state index contributed by atoms with van der Waals surface area (Å²) in [6, 6.07) is 2.28. The van der Waals surface area contributed by atoms with Crippen LogP contribution in [0.3, 0.4) is 0 Å². The number of hydrogen-bond acceptors (Lipinski definition) is 5. The second-order valence-electron chi connectivity index (χ2n) is 6.33. The minimum atomic E-state index is -4.43. The zero-order chi connectivity index (χ0) is 18.7. The Morgan fingerprint density at radius 1 is 1.31 bits per heavy atom. The molecule has 0 bridgehead atoms. The molecular formula is C17H20F3N5O. The molecule has 0 radical (unpaired) electrons. The van der Waals surface area contributed by atoms with Crippen molar-refractivity contribution in [1.29, 1.82) is 0 Å². The molecule has 3 rings (SSSR count). The molecule has 0 unspecified atom stereocenters. The zero-order valence-corrected chi connectivity index (χ0v) is 14.3. The van der Waals surface area contributed by atoms with Gasteiger partial charge in [0.1, 0.15) is 0 Å². The maximum absolute atomic E-state index is 13.1. The van der Waals surface area contributed by atoms with Crippen LogP contribution in [0, 0.1) is 0 Å². The van der Waals surface area contributed by atoms with Crippen LogP contribution in [0.25, 0.3) is 0 Å². The summed E-state index contributed by atoms with van der Waals surface area (Å²) in [4.78, 5) is 22.1. The van der Waals surface area contributed by atoms with Crippen LogP contribution in [-0.2, 0) is 19.8 Å². The van der Waals surface area contributed by atoms with Gasteiger partial charge in [-0.25, -0.2) is 4.98 Å². The Kier molecular flexibility index (Phi) is 5.26. The number of halogens is 3. The van der Waals surface area contributed by atoms with Crippen molar-refractivity contribution in [3.63, 3.8) is 0 Å². The number of aromatic nitrogens is 3. The highest BCUT2D eigenvalue weighted by molar-refractivity contribution is 5.36. The topological polar surface area (TPSA) is 63.1 Å². The first-order valence-electron chi connectivity index (χ1n) is 8.37. The molecule has 0 saturated carbocycles. The Morgan fingerprint density at radius 3 is 2.88 bits per heavy atom. The molecule has 1 aliphatic rings. The number of nitrogens with zero attached hydrogens (tertiary/aromatic N) is 4. The van der Waals surface area contributed by atoms with Crippen LogP contribution in [0.5, 0.6) is 0 Å². The summed E-state index contributed by atoms with van der Waals surface area (Å²) in [5, 5.41) is 3.14. The zero-order valence-electron chi connectivity index (χ0n) is 14.3. The van der Waals surface area contributed by atoms with Crippen LogP contribution >= 0.6 is 0 Å². The second kappa shape index (κ2) is 7.45. The smallest absolute Gasteiger partial charge is 0.350 e. The molecule has 0 aliphatic carbocycles. The molecule has 0 aromatic carbocycles.